The fraction of sp³-hybridized carbons (Fsp3) is 0.364. The first-order chi connectivity index (χ1) is 13.7. The number of hydrogen-bond acceptors (Lipinski definition) is 5. The molecular formula is C22H25N3O3. The van der Waals surface area contributed by atoms with Crippen LogP contribution >= 0.6 is 0 Å². The highest BCUT2D eigenvalue weighted by atomic mass is 16.7. The van der Waals surface area contributed by atoms with Gasteiger partial charge in [0.15, 0.2) is 12.8 Å². The zero-order valence-corrected chi connectivity index (χ0v) is 16.0. The third kappa shape index (κ3) is 4.02. The maximum atomic E-state index is 12.8. The number of piperidine rings is 1. The van der Waals surface area contributed by atoms with E-state index in [9.17, 15) is 4.79 Å². The SMILES string of the molecule is CN1OC(C2CCCCN2C(=O)COc2ccccc2)=N[C@H]1c1ccccc1. The van der Waals surface area contributed by atoms with Gasteiger partial charge in [-0.2, -0.15) is 0 Å². The number of amides is 1. The van der Waals surface area contributed by atoms with Gasteiger partial charge in [0.25, 0.3) is 5.91 Å². The van der Waals surface area contributed by atoms with Crippen molar-refractivity contribution in [3.63, 3.8) is 0 Å². The molecule has 1 fully saturated rings. The van der Waals surface area contributed by atoms with Crippen LogP contribution in [0.25, 0.3) is 0 Å². The smallest absolute Gasteiger partial charge is 0.261 e. The van der Waals surface area contributed by atoms with Gasteiger partial charge in [0, 0.05) is 13.6 Å². The number of para-hydroxylation sites is 1. The molecule has 2 atom stereocenters. The number of carbonyl (C=O) groups is 1. The van der Waals surface area contributed by atoms with E-state index in [1.807, 2.05) is 72.6 Å². The highest BCUT2D eigenvalue weighted by molar-refractivity contribution is 5.89. The minimum atomic E-state index is -0.185. The van der Waals surface area contributed by atoms with Gasteiger partial charge >= 0.3 is 0 Å². The predicted octanol–water partition coefficient (Wildman–Crippen LogP) is 3.42. The summed E-state index contributed by atoms with van der Waals surface area (Å²) in [6, 6.07) is 19.3. The molecule has 6 heteroatoms. The maximum Gasteiger partial charge on any atom is 0.261 e. The van der Waals surface area contributed by atoms with Crippen molar-refractivity contribution in [3.05, 3.63) is 66.2 Å². The summed E-state index contributed by atoms with van der Waals surface area (Å²) in [5, 5.41) is 1.75. The molecule has 0 N–H and O–H groups in total. The Morgan fingerprint density at radius 1 is 1.11 bits per heavy atom. The number of likely N-dealkylation sites (tertiary alicyclic amines) is 1. The molecule has 0 bridgehead atoms. The van der Waals surface area contributed by atoms with Gasteiger partial charge in [-0.25, -0.2) is 4.99 Å². The lowest BCUT2D eigenvalue weighted by Crippen LogP contribution is -2.50. The second kappa shape index (κ2) is 8.44. The lowest BCUT2D eigenvalue weighted by atomic mass is 10.0. The van der Waals surface area contributed by atoms with E-state index < -0.39 is 0 Å². The van der Waals surface area contributed by atoms with Gasteiger partial charge in [-0.15, -0.1) is 5.06 Å². The van der Waals surface area contributed by atoms with Gasteiger partial charge in [-0.3, -0.25) is 4.79 Å². The molecule has 0 spiro atoms. The van der Waals surface area contributed by atoms with Crippen LogP contribution < -0.4 is 4.74 Å². The fourth-order valence-electron chi connectivity index (χ4n) is 3.71. The Balaban J connectivity index is 1.47. The van der Waals surface area contributed by atoms with Crippen molar-refractivity contribution in [2.75, 3.05) is 20.2 Å². The zero-order chi connectivity index (χ0) is 19.3. The number of aliphatic imine (C=N–C) groups is 1. The number of rotatable bonds is 5. The van der Waals surface area contributed by atoms with Crippen molar-refractivity contribution in [1.82, 2.24) is 9.96 Å². The molecular weight excluding hydrogens is 354 g/mol. The Morgan fingerprint density at radius 3 is 2.57 bits per heavy atom. The number of hydrogen-bond donors (Lipinski definition) is 0. The standard InChI is InChI=1S/C22H25N3O3/c1-24-21(17-10-4-2-5-11-17)23-22(28-24)19-14-8-9-15-25(19)20(26)16-27-18-12-6-3-7-13-18/h2-7,10-13,19,21H,8-9,14-16H2,1H3/t19?,21-/m1/s1. The van der Waals surface area contributed by atoms with Gasteiger partial charge in [0.1, 0.15) is 11.8 Å². The summed E-state index contributed by atoms with van der Waals surface area (Å²) in [6.07, 6.45) is 2.70. The molecule has 2 aliphatic rings. The van der Waals surface area contributed by atoms with E-state index in [4.69, 9.17) is 14.6 Å². The molecule has 28 heavy (non-hydrogen) atoms. The third-order valence-electron chi connectivity index (χ3n) is 5.14. The number of hydroxylamine groups is 2. The van der Waals surface area contributed by atoms with Crippen LogP contribution in [0.3, 0.4) is 0 Å². The normalized spacial score (nSPS) is 22.5. The van der Waals surface area contributed by atoms with Gasteiger partial charge in [-0.1, -0.05) is 48.5 Å². The zero-order valence-electron chi connectivity index (χ0n) is 16.0. The van der Waals surface area contributed by atoms with Crippen LogP contribution in [0.5, 0.6) is 5.75 Å². The molecule has 6 nitrogen and oxygen atoms in total. The lowest BCUT2D eigenvalue weighted by Gasteiger charge is -2.34. The summed E-state index contributed by atoms with van der Waals surface area (Å²) < 4.78 is 5.66. The molecule has 0 aliphatic carbocycles. The molecule has 1 unspecified atom stereocenters. The van der Waals surface area contributed by atoms with Crippen LogP contribution in [0, 0.1) is 0 Å². The first-order valence-corrected chi connectivity index (χ1v) is 9.73. The van der Waals surface area contributed by atoms with Crippen LogP contribution in [0.15, 0.2) is 65.7 Å². The van der Waals surface area contributed by atoms with Gasteiger partial charge in [0.2, 0.25) is 5.90 Å². The van der Waals surface area contributed by atoms with E-state index in [-0.39, 0.29) is 24.7 Å². The summed E-state index contributed by atoms with van der Waals surface area (Å²) in [7, 11) is 1.88. The van der Waals surface area contributed by atoms with Gasteiger partial charge < -0.3 is 14.5 Å². The summed E-state index contributed by atoms with van der Waals surface area (Å²) in [5.41, 5.74) is 1.07. The first kappa shape index (κ1) is 18.5. The molecule has 2 aromatic carbocycles. The van der Waals surface area contributed by atoms with Crippen molar-refractivity contribution in [1.29, 1.82) is 0 Å². The van der Waals surface area contributed by atoms with Crippen LogP contribution in [0.4, 0.5) is 0 Å². The minimum Gasteiger partial charge on any atom is -0.484 e. The lowest BCUT2D eigenvalue weighted by molar-refractivity contribution is -0.136. The monoisotopic (exact) mass is 379 g/mol. The van der Waals surface area contributed by atoms with E-state index in [1.165, 1.54) is 0 Å². The van der Waals surface area contributed by atoms with Gasteiger partial charge in [0.05, 0.1) is 0 Å². The van der Waals surface area contributed by atoms with Crippen LogP contribution in [0.1, 0.15) is 31.0 Å². The fourth-order valence-corrected chi connectivity index (χ4v) is 3.71. The second-order valence-corrected chi connectivity index (χ2v) is 7.09. The van der Waals surface area contributed by atoms with Crippen molar-refractivity contribution in [2.45, 2.75) is 31.5 Å². The average molecular weight is 379 g/mol. The molecule has 1 amide bonds. The molecule has 2 aliphatic heterocycles. The minimum absolute atomic E-state index is 0.0196. The number of ether oxygens (including phenoxy) is 1. The summed E-state index contributed by atoms with van der Waals surface area (Å²) in [5.74, 6) is 1.28. The van der Waals surface area contributed by atoms with E-state index in [2.05, 4.69) is 0 Å². The first-order valence-electron chi connectivity index (χ1n) is 9.73. The Bertz CT molecular complexity index is 825. The van der Waals surface area contributed by atoms with Crippen molar-refractivity contribution in [3.8, 4) is 5.75 Å². The van der Waals surface area contributed by atoms with Gasteiger partial charge in [-0.05, 0) is 37.0 Å². The summed E-state index contributed by atoms with van der Waals surface area (Å²) in [6.45, 7) is 0.718. The quantitative estimate of drug-likeness (QED) is 0.799. The van der Waals surface area contributed by atoms with Crippen LogP contribution in [0.2, 0.25) is 0 Å². The Hall–Kier alpha value is -2.86. The Labute approximate surface area is 165 Å². The topological polar surface area (TPSA) is 54.4 Å². The van der Waals surface area contributed by atoms with E-state index >= 15 is 0 Å². The van der Waals surface area contributed by atoms with E-state index in [1.54, 1.807) is 5.06 Å². The molecule has 0 saturated carbocycles. The molecule has 0 radical (unpaired) electrons. The van der Waals surface area contributed by atoms with E-state index in [0.29, 0.717) is 18.2 Å². The highest BCUT2D eigenvalue weighted by Crippen LogP contribution is 2.30. The molecule has 146 valence electrons. The number of nitrogens with zero attached hydrogens (tertiary/aromatic N) is 3. The number of benzene rings is 2. The van der Waals surface area contributed by atoms with Crippen LogP contribution in [-0.2, 0) is 9.63 Å². The molecule has 2 heterocycles. The molecule has 1 saturated heterocycles. The summed E-state index contributed by atoms with van der Waals surface area (Å²) in [4.78, 5) is 25.5. The third-order valence-corrected chi connectivity index (χ3v) is 5.14. The summed E-state index contributed by atoms with van der Waals surface area (Å²) >= 11 is 0. The highest BCUT2D eigenvalue weighted by Gasteiger charge is 2.37. The molecule has 0 aromatic heterocycles. The number of carbonyl (C=O) groups excluding carboxylic acids is 1. The predicted molar refractivity (Wildman–Crippen MR) is 107 cm³/mol. The average Bonchev–Trinajstić information content (AvgIpc) is 3.15. The second-order valence-electron chi connectivity index (χ2n) is 7.09. The Morgan fingerprint density at radius 2 is 1.82 bits per heavy atom. The van der Waals surface area contributed by atoms with Crippen molar-refractivity contribution in [2.24, 2.45) is 4.99 Å². The van der Waals surface area contributed by atoms with Crippen molar-refractivity contribution < 1.29 is 14.4 Å². The Kier molecular flexibility index (Phi) is 5.58. The largest absolute Gasteiger partial charge is 0.484 e. The van der Waals surface area contributed by atoms with E-state index in [0.717, 1.165) is 24.8 Å². The van der Waals surface area contributed by atoms with Crippen LogP contribution in [-0.4, -0.2) is 48.0 Å². The molecule has 4 rings (SSSR count). The van der Waals surface area contributed by atoms with Crippen molar-refractivity contribution >= 4 is 11.8 Å². The maximum absolute atomic E-state index is 12.8. The molecule has 2 aromatic rings.